The number of anilines is 1. The Bertz CT molecular complexity index is 650. The molecule has 0 spiro atoms. The van der Waals surface area contributed by atoms with Crippen LogP contribution in [0.3, 0.4) is 0 Å². The molecule has 2 aromatic rings. The van der Waals surface area contributed by atoms with Crippen molar-refractivity contribution < 1.29 is 26.3 Å². The van der Waals surface area contributed by atoms with E-state index in [-0.39, 0.29) is 22.2 Å². The van der Waals surface area contributed by atoms with E-state index >= 15 is 0 Å². The monoisotopic (exact) mass is 360 g/mol. The van der Waals surface area contributed by atoms with Gasteiger partial charge in [0.25, 0.3) is 0 Å². The van der Waals surface area contributed by atoms with E-state index in [1.807, 2.05) is 30.3 Å². The van der Waals surface area contributed by atoms with Gasteiger partial charge in [-0.2, -0.15) is 0 Å². The van der Waals surface area contributed by atoms with Gasteiger partial charge in [0.05, 0.1) is 12.7 Å². The van der Waals surface area contributed by atoms with Gasteiger partial charge in [0.2, 0.25) is 10.9 Å². The molecular weight excluding hydrogens is 345 g/mol. The molecule has 7 heteroatoms. The number of ether oxygens (including phenoxy) is 1. The normalized spacial score (nSPS) is 9.86. The zero-order valence-corrected chi connectivity index (χ0v) is 13.6. The van der Waals surface area contributed by atoms with Gasteiger partial charge in [-0.1, -0.05) is 24.3 Å². The Morgan fingerprint density at radius 3 is 2.64 bits per heavy atom. The SMILES string of the molecule is COc1cccc(C=N[N-]C(=[SH+])Nc2ccccc2)c1[OH2+].[Ni+2]. The van der Waals surface area contributed by atoms with Crippen LogP contribution in [-0.4, -0.2) is 23.5 Å². The van der Waals surface area contributed by atoms with Gasteiger partial charge in [0.1, 0.15) is 0 Å². The minimum absolute atomic E-state index is 0. The zero-order valence-electron chi connectivity index (χ0n) is 11.8. The first kappa shape index (κ1) is 17.9. The van der Waals surface area contributed by atoms with Gasteiger partial charge >= 0.3 is 22.2 Å². The van der Waals surface area contributed by atoms with E-state index in [0.717, 1.165) is 5.69 Å². The maximum Gasteiger partial charge on any atom is 2.00 e. The van der Waals surface area contributed by atoms with Crippen molar-refractivity contribution in [3.05, 3.63) is 59.5 Å². The van der Waals surface area contributed by atoms with E-state index in [1.54, 1.807) is 18.2 Å². The predicted molar refractivity (Wildman–Crippen MR) is 90.8 cm³/mol. The number of hydrogen-bond donors (Lipinski definition) is 1. The average molecular weight is 361 g/mol. The summed E-state index contributed by atoms with van der Waals surface area (Å²) in [6, 6.07) is 14.9. The van der Waals surface area contributed by atoms with Crippen molar-refractivity contribution in [1.82, 2.24) is 0 Å². The van der Waals surface area contributed by atoms with Crippen molar-refractivity contribution in [2.75, 3.05) is 12.4 Å². The van der Waals surface area contributed by atoms with Crippen molar-refractivity contribution in [1.29, 1.82) is 0 Å². The molecule has 0 aliphatic rings. The summed E-state index contributed by atoms with van der Waals surface area (Å²) in [4.78, 5) is 0. The molecule has 3 N–H and O–H groups in total. The van der Waals surface area contributed by atoms with Crippen LogP contribution in [0.1, 0.15) is 5.56 Å². The van der Waals surface area contributed by atoms with Gasteiger partial charge < -0.3 is 25.7 Å². The summed E-state index contributed by atoms with van der Waals surface area (Å²) in [5.74, 6) is 0.770. The Hall–Kier alpha value is -2.11. The van der Waals surface area contributed by atoms with E-state index in [2.05, 4.69) is 28.1 Å². The number of nitrogens with zero attached hydrogens (tertiary/aromatic N) is 2. The van der Waals surface area contributed by atoms with Gasteiger partial charge in [-0.3, -0.25) is 0 Å². The topological polar surface area (TPSA) is 70.6 Å². The van der Waals surface area contributed by atoms with Crippen LogP contribution in [0.15, 0.2) is 53.6 Å². The predicted octanol–water partition coefficient (Wildman–Crippen LogP) is 2.32. The molecule has 0 heterocycles. The maximum atomic E-state index is 7.91. The number of rotatable bonds is 4. The van der Waals surface area contributed by atoms with Gasteiger partial charge in [-0.15, -0.1) is 0 Å². The summed E-state index contributed by atoms with van der Waals surface area (Å²) in [5, 5.41) is 15.2. The third-order valence-electron chi connectivity index (χ3n) is 2.66. The molecule has 0 atom stereocenters. The minimum Gasteiger partial charge on any atom is -0.590 e. The molecule has 0 unspecified atom stereocenters. The standard InChI is InChI=1S/C15H15N3O2S.Ni/c1-20-13-9-5-6-11(14(13)19)10-16-18-15(21)17-12-7-3-2-4-8-12;/h2-10H,1H3,(H3,16,17,18,19,21);/q;+2/p+1. The second-order valence-corrected chi connectivity index (χ2v) is 4.51. The number of benzene rings is 2. The summed E-state index contributed by atoms with van der Waals surface area (Å²) in [6.07, 6.45) is 1.49. The Kier molecular flexibility index (Phi) is 7.36. The van der Waals surface area contributed by atoms with Crippen LogP contribution in [0.25, 0.3) is 5.43 Å². The molecule has 0 saturated carbocycles. The van der Waals surface area contributed by atoms with Crippen LogP contribution >= 0.6 is 0 Å². The maximum absolute atomic E-state index is 7.91. The van der Waals surface area contributed by atoms with Crippen molar-refractivity contribution in [3.63, 3.8) is 0 Å². The molecule has 2 rings (SSSR count). The van der Waals surface area contributed by atoms with Crippen molar-refractivity contribution >= 4 is 29.2 Å². The Balaban J connectivity index is 0.00000242. The Morgan fingerprint density at radius 2 is 1.95 bits per heavy atom. The fourth-order valence-electron chi connectivity index (χ4n) is 1.65. The first-order valence-electron chi connectivity index (χ1n) is 6.21. The summed E-state index contributed by atoms with van der Waals surface area (Å²) in [7, 11) is 1.53. The molecule has 22 heavy (non-hydrogen) atoms. The van der Waals surface area contributed by atoms with E-state index in [4.69, 9.17) is 9.84 Å². The van der Waals surface area contributed by atoms with Crippen LogP contribution in [0.2, 0.25) is 0 Å². The largest absolute Gasteiger partial charge is 2.00 e. The first-order valence-corrected chi connectivity index (χ1v) is 6.66. The molecule has 0 aromatic heterocycles. The summed E-state index contributed by atoms with van der Waals surface area (Å²) >= 11 is 4.21. The second kappa shape index (κ2) is 9.02. The number of thiol groups is 1. The van der Waals surface area contributed by atoms with Crippen molar-refractivity contribution in [2.45, 2.75) is 0 Å². The van der Waals surface area contributed by atoms with Crippen LogP contribution < -0.4 is 10.1 Å². The summed E-state index contributed by atoms with van der Waals surface area (Å²) in [5.41, 5.74) is 5.43. The Labute approximate surface area is 144 Å². The van der Waals surface area contributed by atoms with E-state index in [0.29, 0.717) is 16.4 Å². The molecule has 0 fully saturated rings. The first-order chi connectivity index (χ1) is 10.2. The van der Waals surface area contributed by atoms with Crippen LogP contribution in [0, 0.1) is 0 Å². The third-order valence-corrected chi connectivity index (χ3v) is 2.86. The van der Waals surface area contributed by atoms with Crippen molar-refractivity contribution in [2.24, 2.45) is 5.10 Å². The fraction of sp³-hybridized carbons (Fsp3) is 0.0667. The molecular formula is C15H16N3NiO2S+3. The van der Waals surface area contributed by atoms with Gasteiger partial charge in [0.15, 0.2) is 12.2 Å². The number of para-hydroxylation sites is 2. The molecule has 0 aliphatic carbocycles. The zero-order chi connectivity index (χ0) is 15.1. The van der Waals surface area contributed by atoms with Crippen molar-refractivity contribution in [3.8, 4) is 11.5 Å². The molecule has 0 bridgehead atoms. The molecule has 2 aromatic carbocycles. The second-order valence-electron chi connectivity index (χ2n) is 4.08. The van der Waals surface area contributed by atoms with Crippen LogP contribution in [0.5, 0.6) is 11.5 Å². The van der Waals surface area contributed by atoms with Crippen LogP contribution in [0.4, 0.5) is 5.69 Å². The number of nitrogens with one attached hydrogen (secondary N) is 1. The number of hydrogen-bond acceptors (Lipinski definition) is 2. The van der Waals surface area contributed by atoms with Crippen LogP contribution in [-0.2, 0) is 28.7 Å². The minimum atomic E-state index is 0. The fourth-order valence-corrected chi connectivity index (χ4v) is 1.83. The van der Waals surface area contributed by atoms with E-state index < -0.39 is 0 Å². The molecule has 116 valence electrons. The molecule has 0 saturated heterocycles. The summed E-state index contributed by atoms with van der Waals surface area (Å²) < 4.78 is 5.08. The third kappa shape index (κ3) is 5.02. The van der Waals surface area contributed by atoms with Gasteiger partial charge in [-0.25, -0.2) is 0 Å². The molecule has 0 aliphatic heterocycles. The molecule has 0 amide bonds. The Morgan fingerprint density at radius 1 is 1.23 bits per heavy atom. The number of methoxy groups -OCH3 is 1. The quantitative estimate of drug-likeness (QED) is 0.227. The molecule has 5 nitrogen and oxygen atoms in total. The van der Waals surface area contributed by atoms with E-state index in [9.17, 15) is 0 Å². The van der Waals surface area contributed by atoms with Gasteiger partial charge in [0, 0.05) is 11.9 Å². The van der Waals surface area contributed by atoms with E-state index in [1.165, 1.54) is 13.3 Å². The average Bonchev–Trinajstić information content (AvgIpc) is 2.50. The summed E-state index contributed by atoms with van der Waals surface area (Å²) in [6.45, 7) is 0. The smallest absolute Gasteiger partial charge is 0.590 e. The van der Waals surface area contributed by atoms with Gasteiger partial charge in [-0.05, 0) is 24.3 Å². The molecule has 0 radical (unpaired) electrons.